The fourth-order valence-corrected chi connectivity index (χ4v) is 2.09. The first-order valence-corrected chi connectivity index (χ1v) is 5.42. The number of aryl methyl sites for hydroxylation is 2. The molecular formula is C11H15NOS. The lowest BCUT2D eigenvalue weighted by Gasteiger charge is -2.10. The fraction of sp³-hybridized carbons (Fsp3) is 0.364. The van der Waals surface area contributed by atoms with E-state index in [-0.39, 0.29) is 11.2 Å². The third-order valence-corrected chi connectivity index (χ3v) is 3.33. The van der Waals surface area contributed by atoms with E-state index in [1.807, 2.05) is 20.8 Å². The Bertz CT molecular complexity index is 349. The highest BCUT2D eigenvalue weighted by atomic mass is 32.2. The average Bonchev–Trinajstić information content (AvgIpc) is 2.11. The molecule has 1 rings (SSSR count). The molecule has 1 amide bonds. The van der Waals surface area contributed by atoms with Gasteiger partial charge in [-0.2, -0.15) is 0 Å². The van der Waals surface area contributed by atoms with Crippen LogP contribution in [-0.4, -0.2) is 11.2 Å². The van der Waals surface area contributed by atoms with Crippen LogP contribution in [0.15, 0.2) is 23.1 Å². The molecule has 0 aromatic heterocycles. The van der Waals surface area contributed by atoms with Crippen molar-refractivity contribution in [1.29, 1.82) is 0 Å². The van der Waals surface area contributed by atoms with Crippen LogP contribution in [0.1, 0.15) is 18.1 Å². The number of amides is 1. The van der Waals surface area contributed by atoms with Gasteiger partial charge < -0.3 is 5.73 Å². The first kappa shape index (κ1) is 11.1. The minimum absolute atomic E-state index is 0.171. The summed E-state index contributed by atoms with van der Waals surface area (Å²) in [7, 11) is 0. The van der Waals surface area contributed by atoms with Gasteiger partial charge in [0.25, 0.3) is 0 Å². The second kappa shape index (κ2) is 4.51. The van der Waals surface area contributed by atoms with Crippen molar-refractivity contribution in [2.45, 2.75) is 30.9 Å². The molecule has 3 heteroatoms. The molecule has 2 nitrogen and oxygen atoms in total. The van der Waals surface area contributed by atoms with Crippen LogP contribution in [-0.2, 0) is 4.79 Å². The van der Waals surface area contributed by atoms with Gasteiger partial charge >= 0.3 is 0 Å². The topological polar surface area (TPSA) is 43.1 Å². The molecular weight excluding hydrogens is 194 g/mol. The van der Waals surface area contributed by atoms with Crippen LogP contribution in [0.2, 0.25) is 0 Å². The van der Waals surface area contributed by atoms with Crippen LogP contribution in [0.25, 0.3) is 0 Å². The summed E-state index contributed by atoms with van der Waals surface area (Å²) in [5.41, 5.74) is 7.60. The Balaban J connectivity index is 2.85. The molecule has 0 heterocycles. The summed E-state index contributed by atoms with van der Waals surface area (Å²) in [6.45, 7) is 5.91. The SMILES string of the molecule is Cc1ccc(C)c(SC(C)C(N)=O)c1. The van der Waals surface area contributed by atoms with E-state index in [0.717, 1.165) is 4.90 Å². The van der Waals surface area contributed by atoms with Crippen LogP contribution in [0.5, 0.6) is 0 Å². The highest BCUT2D eigenvalue weighted by Gasteiger charge is 2.11. The quantitative estimate of drug-likeness (QED) is 0.776. The van der Waals surface area contributed by atoms with E-state index in [1.165, 1.54) is 22.9 Å². The van der Waals surface area contributed by atoms with Crippen LogP contribution in [0, 0.1) is 13.8 Å². The van der Waals surface area contributed by atoms with Crippen molar-refractivity contribution in [3.05, 3.63) is 29.3 Å². The second-order valence-corrected chi connectivity index (χ2v) is 4.81. The highest BCUT2D eigenvalue weighted by Crippen LogP contribution is 2.27. The Kier molecular flexibility index (Phi) is 3.58. The Morgan fingerprint density at radius 3 is 2.64 bits per heavy atom. The highest BCUT2D eigenvalue weighted by molar-refractivity contribution is 8.00. The standard InChI is InChI=1S/C11H15NOS/c1-7-4-5-8(2)10(6-7)14-9(3)11(12)13/h4-6,9H,1-3H3,(H2,12,13). The van der Waals surface area contributed by atoms with E-state index >= 15 is 0 Å². The molecule has 1 aromatic rings. The molecule has 0 bridgehead atoms. The first-order chi connectivity index (χ1) is 6.50. The second-order valence-electron chi connectivity index (χ2n) is 3.43. The van der Waals surface area contributed by atoms with Crippen LogP contribution < -0.4 is 5.73 Å². The normalized spacial score (nSPS) is 12.5. The molecule has 0 fully saturated rings. The Morgan fingerprint density at radius 1 is 1.43 bits per heavy atom. The Hall–Kier alpha value is -0.960. The van der Waals surface area contributed by atoms with E-state index in [1.54, 1.807) is 0 Å². The van der Waals surface area contributed by atoms with Gasteiger partial charge in [0.1, 0.15) is 0 Å². The molecule has 1 aromatic carbocycles. The van der Waals surface area contributed by atoms with Crippen LogP contribution >= 0.6 is 11.8 Å². The minimum Gasteiger partial charge on any atom is -0.369 e. The van der Waals surface area contributed by atoms with Gasteiger partial charge in [0, 0.05) is 4.90 Å². The number of hydrogen-bond acceptors (Lipinski definition) is 2. The molecule has 1 atom stereocenters. The summed E-state index contributed by atoms with van der Waals surface area (Å²) in [5.74, 6) is -0.268. The van der Waals surface area contributed by atoms with Crippen molar-refractivity contribution >= 4 is 17.7 Å². The number of carbonyl (C=O) groups excluding carboxylic acids is 1. The number of benzene rings is 1. The molecule has 0 aliphatic rings. The maximum Gasteiger partial charge on any atom is 0.230 e. The van der Waals surface area contributed by atoms with Gasteiger partial charge in [-0.05, 0) is 32.4 Å². The van der Waals surface area contributed by atoms with Crippen molar-refractivity contribution in [2.75, 3.05) is 0 Å². The monoisotopic (exact) mass is 209 g/mol. The van der Waals surface area contributed by atoms with Gasteiger partial charge in [-0.15, -0.1) is 11.8 Å². The van der Waals surface area contributed by atoms with E-state index < -0.39 is 0 Å². The number of nitrogens with two attached hydrogens (primary N) is 1. The summed E-state index contributed by atoms with van der Waals surface area (Å²) < 4.78 is 0. The van der Waals surface area contributed by atoms with Crippen molar-refractivity contribution in [3.63, 3.8) is 0 Å². The van der Waals surface area contributed by atoms with Gasteiger partial charge in [-0.3, -0.25) is 4.79 Å². The van der Waals surface area contributed by atoms with E-state index in [2.05, 4.69) is 18.2 Å². The van der Waals surface area contributed by atoms with Gasteiger partial charge in [0.05, 0.1) is 5.25 Å². The summed E-state index contributed by atoms with van der Waals surface area (Å²) in [5, 5.41) is -0.171. The lowest BCUT2D eigenvalue weighted by molar-refractivity contribution is -0.117. The molecule has 0 aliphatic heterocycles. The summed E-state index contributed by atoms with van der Waals surface area (Å²) in [6, 6.07) is 6.21. The number of rotatable bonds is 3. The number of primary amides is 1. The molecule has 0 spiro atoms. The molecule has 0 aliphatic carbocycles. The van der Waals surface area contributed by atoms with E-state index in [0.29, 0.717) is 0 Å². The van der Waals surface area contributed by atoms with E-state index in [4.69, 9.17) is 5.73 Å². The maximum absolute atomic E-state index is 10.9. The van der Waals surface area contributed by atoms with Gasteiger partial charge in [-0.1, -0.05) is 17.7 Å². The molecule has 2 N–H and O–H groups in total. The molecule has 14 heavy (non-hydrogen) atoms. The molecule has 76 valence electrons. The zero-order valence-electron chi connectivity index (χ0n) is 8.70. The van der Waals surface area contributed by atoms with Crippen molar-refractivity contribution in [3.8, 4) is 0 Å². The predicted molar refractivity (Wildman–Crippen MR) is 60.4 cm³/mol. The largest absolute Gasteiger partial charge is 0.369 e. The first-order valence-electron chi connectivity index (χ1n) is 4.54. The Labute approximate surface area is 88.9 Å². The fourth-order valence-electron chi connectivity index (χ4n) is 1.08. The average molecular weight is 209 g/mol. The third-order valence-electron chi connectivity index (χ3n) is 2.05. The lowest BCUT2D eigenvalue weighted by atomic mass is 10.2. The summed E-state index contributed by atoms with van der Waals surface area (Å²) >= 11 is 1.52. The zero-order chi connectivity index (χ0) is 10.7. The van der Waals surface area contributed by atoms with Crippen LogP contribution in [0.4, 0.5) is 0 Å². The van der Waals surface area contributed by atoms with Crippen molar-refractivity contribution < 1.29 is 4.79 Å². The van der Waals surface area contributed by atoms with Gasteiger partial charge in [0.2, 0.25) is 5.91 Å². The maximum atomic E-state index is 10.9. The predicted octanol–water partition coefficient (Wildman–Crippen LogP) is 2.27. The van der Waals surface area contributed by atoms with Gasteiger partial charge in [-0.25, -0.2) is 0 Å². The number of hydrogen-bond donors (Lipinski definition) is 1. The molecule has 0 saturated carbocycles. The third kappa shape index (κ3) is 2.77. The zero-order valence-corrected chi connectivity index (χ0v) is 9.52. The summed E-state index contributed by atoms with van der Waals surface area (Å²) in [6.07, 6.45) is 0. The summed E-state index contributed by atoms with van der Waals surface area (Å²) in [4.78, 5) is 12.0. The van der Waals surface area contributed by atoms with E-state index in [9.17, 15) is 4.79 Å². The van der Waals surface area contributed by atoms with Crippen molar-refractivity contribution in [1.82, 2.24) is 0 Å². The number of carbonyl (C=O) groups is 1. The lowest BCUT2D eigenvalue weighted by Crippen LogP contribution is -2.22. The Morgan fingerprint density at radius 2 is 2.07 bits per heavy atom. The number of thioether (sulfide) groups is 1. The molecule has 0 saturated heterocycles. The van der Waals surface area contributed by atoms with Crippen LogP contribution in [0.3, 0.4) is 0 Å². The van der Waals surface area contributed by atoms with Gasteiger partial charge in [0.15, 0.2) is 0 Å². The molecule has 1 unspecified atom stereocenters. The smallest absolute Gasteiger partial charge is 0.230 e. The van der Waals surface area contributed by atoms with Crippen molar-refractivity contribution in [2.24, 2.45) is 5.73 Å². The molecule has 0 radical (unpaired) electrons. The minimum atomic E-state index is -0.268.